The van der Waals surface area contributed by atoms with Crippen LogP contribution in [-0.2, 0) is 11.2 Å². The fourth-order valence-electron chi connectivity index (χ4n) is 1.91. The zero-order chi connectivity index (χ0) is 15.2. The normalized spacial score (nSPS) is 11.8. The van der Waals surface area contributed by atoms with E-state index in [9.17, 15) is 4.79 Å². The molecule has 0 saturated heterocycles. The summed E-state index contributed by atoms with van der Waals surface area (Å²) < 4.78 is 5.68. The van der Waals surface area contributed by atoms with Crippen LogP contribution < -0.4 is 10.1 Å². The number of hydrogen-bond donors (Lipinski definition) is 1. The SMILES string of the molecule is CCc1cccc(OC(C)C(=O)Nc2cccc(Cl)c2)c1. The van der Waals surface area contributed by atoms with Crippen LogP contribution in [0.1, 0.15) is 19.4 Å². The molecule has 0 aliphatic heterocycles. The van der Waals surface area contributed by atoms with Gasteiger partial charge in [0.2, 0.25) is 0 Å². The number of carbonyl (C=O) groups excluding carboxylic acids is 1. The number of ether oxygens (including phenoxy) is 1. The summed E-state index contributed by atoms with van der Waals surface area (Å²) in [6.45, 7) is 3.80. The van der Waals surface area contributed by atoms with Gasteiger partial charge in [-0.05, 0) is 49.2 Å². The minimum atomic E-state index is -0.587. The molecule has 21 heavy (non-hydrogen) atoms. The maximum absolute atomic E-state index is 12.1. The molecule has 0 aliphatic carbocycles. The van der Waals surface area contributed by atoms with E-state index in [4.69, 9.17) is 16.3 Å². The number of rotatable bonds is 5. The number of aryl methyl sites for hydroxylation is 1. The van der Waals surface area contributed by atoms with E-state index in [0.717, 1.165) is 6.42 Å². The molecule has 3 nitrogen and oxygen atoms in total. The van der Waals surface area contributed by atoms with Crippen molar-refractivity contribution in [2.75, 3.05) is 5.32 Å². The third kappa shape index (κ3) is 4.50. The standard InChI is InChI=1S/C17H18ClNO2/c1-3-13-6-4-9-16(10-13)21-12(2)17(20)19-15-8-5-7-14(18)11-15/h4-12H,3H2,1-2H3,(H,19,20). The molecule has 0 fully saturated rings. The van der Waals surface area contributed by atoms with E-state index in [0.29, 0.717) is 16.5 Å². The first kappa shape index (κ1) is 15.4. The maximum atomic E-state index is 12.1. The molecular formula is C17H18ClNO2. The van der Waals surface area contributed by atoms with Crippen LogP contribution in [0.5, 0.6) is 5.75 Å². The lowest BCUT2D eigenvalue weighted by Gasteiger charge is -2.15. The van der Waals surface area contributed by atoms with E-state index in [1.54, 1.807) is 31.2 Å². The first-order valence-electron chi connectivity index (χ1n) is 6.90. The Hall–Kier alpha value is -2.00. The van der Waals surface area contributed by atoms with Crippen LogP contribution in [0.15, 0.2) is 48.5 Å². The predicted octanol–water partition coefficient (Wildman–Crippen LogP) is 4.31. The molecule has 0 radical (unpaired) electrons. The maximum Gasteiger partial charge on any atom is 0.265 e. The predicted molar refractivity (Wildman–Crippen MR) is 86.0 cm³/mol. The second kappa shape index (κ2) is 7.14. The Balaban J connectivity index is 1.99. The van der Waals surface area contributed by atoms with E-state index in [1.165, 1.54) is 5.56 Å². The molecule has 1 N–H and O–H groups in total. The van der Waals surface area contributed by atoms with Gasteiger partial charge in [0.1, 0.15) is 5.75 Å². The molecule has 2 aromatic rings. The smallest absolute Gasteiger partial charge is 0.265 e. The first-order valence-corrected chi connectivity index (χ1v) is 7.28. The zero-order valence-corrected chi connectivity index (χ0v) is 12.9. The molecule has 110 valence electrons. The van der Waals surface area contributed by atoms with Gasteiger partial charge in [0.25, 0.3) is 5.91 Å². The van der Waals surface area contributed by atoms with Crippen LogP contribution in [0.4, 0.5) is 5.69 Å². The lowest BCUT2D eigenvalue weighted by atomic mass is 10.2. The number of halogens is 1. The van der Waals surface area contributed by atoms with Gasteiger partial charge in [0.05, 0.1) is 0 Å². The lowest BCUT2D eigenvalue weighted by molar-refractivity contribution is -0.122. The van der Waals surface area contributed by atoms with E-state index in [1.807, 2.05) is 24.3 Å². The van der Waals surface area contributed by atoms with Crippen LogP contribution in [0.3, 0.4) is 0 Å². The monoisotopic (exact) mass is 303 g/mol. The number of anilines is 1. The van der Waals surface area contributed by atoms with Crippen molar-refractivity contribution < 1.29 is 9.53 Å². The summed E-state index contributed by atoms with van der Waals surface area (Å²) in [5.41, 5.74) is 1.83. The highest BCUT2D eigenvalue weighted by Gasteiger charge is 2.15. The highest BCUT2D eigenvalue weighted by atomic mass is 35.5. The van der Waals surface area contributed by atoms with Gasteiger partial charge >= 0.3 is 0 Å². The summed E-state index contributed by atoms with van der Waals surface area (Å²) in [6, 6.07) is 14.8. The molecule has 1 amide bonds. The summed E-state index contributed by atoms with van der Waals surface area (Å²) in [6.07, 6.45) is 0.344. The van der Waals surface area contributed by atoms with Crippen molar-refractivity contribution in [3.63, 3.8) is 0 Å². The fraction of sp³-hybridized carbons (Fsp3) is 0.235. The Morgan fingerprint density at radius 1 is 1.24 bits per heavy atom. The second-order valence-electron chi connectivity index (χ2n) is 4.76. The van der Waals surface area contributed by atoms with Gasteiger partial charge < -0.3 is 10.1 Å². The van der Waals surface area contributed by atoms with Crippen molar-refractivity contribution >= 4 is 23.2 Å². The summed E-state index contributed by atoms with van der Waals surface area (Å²) in [5, 5.41) is 3.36. The average molecular weight is 304 g/mol. The van der Waals surface area contributed by atoms with Crippen molar-refractivity contribution in [2.24, 2.45) is 0 Å². The first-order chi connectivity index (χ1) is 10.1. The molecule has 1 atom stereocenters. The molecule has 4 heteroatoms. The van der Waals surface area contributed by atoms with Crippen molar-refractivity contribution in [3.8, 4) is 5.75 Å². The Kier molecular flexibility index (Phi) is 5.23. The number of hydrogen-bond acceptors (Lipinski definition) is 2. The third-order valence-corrected chi connectivity index (χ3v) is 3.32. The van der Waals surface area contributed by atoms with Crippen LogP contribution in [-0.4, -0.2) is 12.0 Å². The Bertz CT molecular complexity index is 628. The Morgan fingerprint density at radius 2 is 2.00 bits per heavy atom. The highest BCUT2D eigenvalue weighted by molar-refractivity contribution is 6.30. The number of amides is 1. The molecule has 0 saturated carbocycles. The van der Waals surface area contributed by atoms with Crippen LogP contribution >= 0.6 is 11.6 Å². The van der Waals surface area contributed by atoms with Gasteiger partial charge in [-0.1, -0.05) is 36.7 Å². The molecule has 0 heterocycles. The third-order valence-electron chi connectivity index (χ3n) is 3.08. The van der Waals surface area contributed by atoms with E-state index in [-0.39, 0.29) is 5.91 Å². The highest BCUT2D eigenvalue weighted by Crippen LogP contribution is 2.17. The fourth-order valence-corrected chi connectivity index (χ4v) is 2.10. The van der Waals surface area contributed by atoms with Crippen LogP contribution in [0, 0.1) is 0 Å². The van der Waals surface area contributed by atoms with Crippen LogP contribution in [0.2, 0.25) is 5.02 Å². The van der Waals surface area contributed by atoms with Gasteiger partial charge in [-0.3, -0.25) is 4.79 Å². The minimum Gasteiger partial charge on any atom is -0.481 e. The van der Waals surface area contributed by atoms with Gasteiger partial charge in [0.15, 0.2) is 6.10 Å². The van der Waals surface area contributed by atoms with Crippen LogP contribution in [0.25, 0.3) is 0 Å². The molecule has 2 rings (SSSR count). The molecule has 0 aromatic heterocycles. The quantitative estimate of drug-likeness (QED) is 0.894. The summed E-state index contributed by atoms with van der Waals surface area (Å²) in [5.74, 6) is 0.488. The lowest BCUT2D eigenvalue weighted by Crippen LogP contribution is -2.30. The van der Waals surface area contributed by atoms with Gasteiger partial charge in [-0.2, -0.15) is 0 Å². The van der Waals surface area contributed by atoms with Gasteiger partial charge in [-0.25, -0.2) is 0 Å². The minimum absolute atomic E-state index is 0.209. The Labute approximate surface area is 129 Å². The van der Waals surface area contributed by atoms with Gasteiger partial charge in [-0.15, -0.1) is 0 Å². The largest absolute Gasteiger partial charge is 0.481 e. The van der Waals surface area contributed by atoms with Crippen molar-refractivity contribution in [2.45, 2.75) is 26.4 Å². The number of nitrogens with one attached hydrogen (secondary N) is 1. The summed E-state index contributed by atoms with van der Waals surface area (Å²) >= 11 is 5.89. The molecular weight excluding hydrogens is 286 g/mol. The molecule has 0 aliphatic rings. The van der Waals surface area contributed by atoms with E-state index >= 15 is 0 Å². The molecule has 0 bridgehead atoms. The van der Waals surface area contributed by atoms with Crippen molar-refractivity contribution in [3.05, 3.63) is 59.1 Å². The summed E-state index contributed by atoms with van der Waals surface area (Å²) in [4.78, 5) is 12.1. The number of carbonyl (C=O) groups is 1. The molecule has 0 spiro atoms. The van der Waals surface area contributed by atoms with Crippen molar-refractivity contribution in [1.29, 1.82) is 0 Å². The summed E-state index contributed by atoms with van der Waals surface area (Å²) in [7, 11) is 0. The van der Waals surface area contributed by atoms with E-state index < -0.39 is 6.10 Å². The van der Waals surface area contributed by atoms with Crippen molar-refractivity contribution in [1.82, 2.24) is 0 Å². The second-order valence-corrected chi connectivity index (χ2v) is 5.20. The van der Waals surface area contributed by atoms with E-state index in [2.05, 4.69) is 12.2 Å². The molecule has 2 aromatic carbocycles. The Morgan fingerprint density at radius 3 is 2.71 bits per heavy atom. The van der Waals surface area contributed by atoms with Gasteiger partial charge in [0, 0.05) is 10.7 Å². The number of benzene rings is 2. The average Bonchev–Trinajstić information content (AvgIpc) is 2.47. The molecule has 1 unspecified atom stereocenters. The zero-order valence-electron chi connectivity index (χ0n) is 12.1. The topological polar surface area (TPSA) is 38.3 Å².